The first kappa shape index (κ1) is 12.5. The lowest BCUT2D eigenvalue weighted by Gasteiger charge is -2.31. The van der Waals surface area contributed by atoms with Gasteiger partial charge >= 0.3 is 5.97 Å². The van der Waals surface area contributed by atoms with Gasteiger partial charge in [0.2, 0.25) is 0 Å². The second-order valence-corrected chi connectivity index (χ2v) is 4.99. The van der Waals surface area contributed by atoms with Crippen LogP contribution in [0.4, 0.5) is 0 Å². The first-order chi connectivity index (χ1) is 7.02. The minimum Gasteiger partial charge on any atom is -0.461 e. The molecule has 1 fully saturated rings. The maximum absolute atomic E-state index is 11.5. The summed E-state index contributed by atoms with van der Waals surface area (Å²) in [4.78, 5) is 11.5. The van der Waals surface area contributed by atoms with Crippen molar-refractivity contribution < 1.29 is 9.53 Å². The average molecular weight is 213 g/mol. The van der Waals surface area contributed by atoms with Crippen molar-refractivity contribution in [3.05, 3.63) is 0 Å². The Labute approximate surface area is 92.4 Å². The van der Waals surface area contributed by atoms with E-state index in [4.69, 9.17) is 10.5 Å². The lowest BCUT2D eigenvalue weighted by molar-refractivity contribution is -0.153. The largest absolute Gasteiger partial charge is 0.461 e. The zero-order valence-electron chi connectivity index (χ0n) is 10.0. The summed E-state index contributed by atoms with van der Waals surface area (Å²) in [5.74, 6) is 1.08. The zero-order valence-corrected chi connectivity index (χ0v) is 10.0. The van der Waals surface area contributed by atoms with E-state index in [1.807, 2.05) is 6.92 Å². The number of esters is 1. The quantitative estimate of drug-likeness (QED) is 0.730. The summed E-state index contributed by atoms with van der Waals surface area (Å²) in [6.07, 6.45) is 3.97. The van der Waals surface area contributed by atoms with Crippen LogP contribution in [-0.2, 0) is 9.53 Å². The standard InChI is InChI=1S/C12H23NO2/c1-4-11(13)12(14)15-10-6-8(2)5-9(3)7-10/h8-11H,4-7,13H2,1-3H3/t8?,9?,10?,11-/m0/s1. The molecule has 1 rings (SSSR count). The molecule has 0 aromatic heterocycles. The molecule has 1 aliphatic carbocycles. The van der Waals surface area contributed by atoms with E-state index in [9.17, 15) is 4.79 Å². The molecule has 0 radical (unpaired) electrons. The fourth-order valence-electron chi connectivity index (χ4n) is 2.39. The zero-order chi connectivity index (χ0) is 11.4. The van der Waals surface area contributed by atoms with Crippen molar-refractivity contribution in [2.24, 2.45) is 17.6 Å². The van der Waals surface area contributed by atoms with Crippen LogP contribution in [0.2, 0.25) is 0 Å². The maximum atomic E-state index is 11.5. The van der Waals surface area contributed by atoms with Crippen molar-refractivity contribution in [2.75, 3.05) is 0 Å². The van der Waals surface area contributed by atoms with E-state index in [0.717, 1.165) is 12.8 Å². The maximum Gasteiger partial charge on any atom is 0.323 e. The molecule has 0 heterocycles. The normalized spacial score (nSPS) is 33.5. The van der Waals surface area contributed by atoms with E-state index < -0.39 is 6.04 Å². The van der Waals surface area contributed by atoms with Crippen LogP contribution in [-0.4, -0.2) is 18.1 Å². The van der Waals surface area contributed by atoms with Crippen LogP contribution in [0.5, 0.6) is 0 Å². The molecule has 1 aliphatic rings. The van der Waals surface area contributed by atoms with Crippen molar-refractivity contribution in [1.29, 1.82) is 0 Å². The molecule has 88 valence electrons. The molecular weight excluding hydrogens is 190 g/mol. The Morgan fingerprint density at radius 1 is 1.33 bits per heavy atom. The van der Waals surface area contributed by atoms with Crippen LogP contribution in [0.25, 0.3) is 0 Å². The third-order valence-electron chi connectivity index (χ3n) is 3.16. The molecule has 1 saturated carbocycles. The first-order valence-corrected chi connectivity index (χ1v) is 5.99. The summed E-state index contributed by atoms with van der Waals surface area (Å²) in [5.41, 5.74) is 5.63. The highest BCUT2D eigenvalue weighted by atomic mass is 16.5. The van der Waals surface area contributed by atoms with E-state index in [2.05, 4.69) is 13.8 Å². The van der Waals surface area contributed by atoms with Crippen LogP contribution in [0.3, 0.4) is 0 Å². The van der Waals surface area contributed by atoms with Gasteiger partial charge in [0.25, 0.3) is 0 Å². The Morgan fingerprint density at radius 2 is 1.87 bits per heavy atom. The Morgan fingerprint density at radius 3 is 2.33 bits per heavy atom. The van der Waals surface area contributed by atoms with E-state index in [1.165, 1.54) is 6.42 Å². The lowest BCUT2D eigenvalue weighted by Crippen LogP contribution is -2.36. The van der Waals surface area contributed by atoms with Crippen molar-refractivity contribution in [3.8, 4) is 0 Å². The Bertz CT molecular complexity index is 208. The topological polar surface area (TPSA) is 52.3 Å². The predicted octanol–water partition coefficient (Wildman–Crippen LogP) is 2.09. The third kappa shape index (κ3) is 3.82. The van der Waals surface area contributed by atoms with Crippen LogP contribution in [0, 0.1) is 11.8 Å². The molecular formula is C12H23NO2. The van der Waals surface area contributed by atoms with Crippen molar-refractivity contribution >= 4 is 5.97 Å². The second-order valence-electron chi connectivity index (χ2n) is 4.99. The van der Waals surface area contributed by atoms with Crippen molar-refractivity contribution in [3.63, 3.8) is 0 Å². The van der Waals surface area contributed by atoms with Gasteiger partial charge in [-0.3, -0.25) is 4.79 Å². The van der Waals surface area contributed by atoms with Gasteiger partial charge in [0.05, 0.1) is 0 Å². The third-order valence-corrected chi connectivity index (χ3v) is 3.16. The van der Waals surface area contributed by atoms with Gasteiger partial charge in [-0.2, -0.15) is 0 Å². The van der Waals surface area contributed by atoms with Gasteiger partial charge < -0.3 is 10.5 Å². The summed E-state index contributed by atoms with van der Waals surface area (Å²) < 4.78 is 5.42. The molecule has 15 heavy (non-hydrogen) atoms. The van der Waals surface area contributed by atoms with E-state index in [1.54, 1.807) is 0 Å². The highest BCUT2D eigenvalue weighted by Gasteiger charge is 2.27. The van der Waals surface area contributed by atoms with Crippen molar-refractivity contribution in [1.82, 2.24) is 0 Å². The Hall–Kier alpha value is -0.570. The van der Waals surface area contributed by atoms with E-state index in [-0.39, 0.29) is 12.1 Å². The van der Waals surface area contributed by atoms with Gasteiger partial charge in [0, 0.05) is 0 Å². The van der Waals surface area contributed by atoms with Gasteiger partial charge in [-0.25, -0.2) is 0 Å². The SMILES string of the molecule is CC[C@H](N)C(=O)OC1CC(C)CC(C)C1. The highest BCUT2D eigenvalue weighted by molar-refractivity contribution is 5.75. The number of rotatable bonds is 3. The smallest absolute Gasteiger partial charge is 0.323 e. The fourth-order valence-corrected chi connectivity index (χ4v) is 2.39. The van der Waals surface area contributed by atoms with Crippen LogP contribution in [0.15, 0.2) is 0 Å². The van der Waals surface area contributed by atoms with Gasteiger partial charge in [0.1, 0.15) is 12.1 Å². The molecule has 3 atom stereocenters. The van der Waals surface area contributed by atoms with Crippen LogP contribution < -0.4 is 5.73 Å². The summed E-state index contributed by atoms with van der Waals surface area (Å²) in [5, 5.41) is 0. The summed E-state index contributed by atoms with van der Waals surface area (Å²) >= 11 is 0. The number of ether oxygens (including phenoxy) is 1. The number of carbonyl (C=O) groups is 1. The summed E-state index contributed by atoms with van der Waals surface area (Å²) in [6, 6.07) is -0.447. The van der Waals surface area contributed by atoms with Gasteiger partial charge in [-0.15, -0.1) is 0 Å². The van der Waals surface area contributed by atoms with Crippen molar-refractivity contribution in [2.45, 2.75) is 58.6 Å². The fraction of sp³-hybridized carbons (Fsp3) is 0.917. The molecule has 2 unspecified atom stereocenters. The lowest BCUT2D eigenvalue weighted by atomic mass is 9.82. The Balaban J connectivity index is 2.40. The van der Waals surface area contributed by atoms with Crippen LogP contribution in [0.1, 0.15) is 46.5 Å². The van der Waals surface area contributed by atoms with Gasteiger partial charge in [-0.05, 0) is 37.5 Å². The van der Waals surface area contributed by atoms with E-state index in [0.29, 0.717) is 18.3 Å². The molecule has 3 heteroatoms. The molecule has 2 N–H and O–H groups in total. The first-order valence-electron chi connectivity index (χ1n) is 5.99. The predicted molar refractivity (Wildman–Crippen MR) is 60.3 cm³/mol. The summed E-state index contributed by atoms with van der Waals surface area (Å²) in [7, 11) is 0. The minimum absolute atomic E-state index is 0.0915. The molecule has 0 saturated heterocycles. The number of nitrogens with two attached hydrogens (primary N) is 1. The summed E-state index contributed by atoms with van der Waals surface area (Å²) in [6.45, 7) is 6.34. The van der Waals surface area contributed by atoms with Gasteiger partial charge in [-0.1, -0.05) is 20.8 Å². The van der Waals surface area contributed by atoms with Crippen LogP contribution >= 0.6 is 0 Å². The monoisotopic (exact) mass is 213 g/mol. The second kappa shape index (κ2) is 5.50. The average Bonchev–Trinajstić information content (AvgIpc) is 2.14. The number of hydrogen-bond acceptors (Lipinski definition) is 3. The molecule has 0 spiro atoms. The number of hydrogen-bond donors (Lipinski definition) is 1. The van der Waals surface area contributed by atoms with Gasteiger partial charge in [0.15, 0.2) is 0 Å². The molecule has 3 nitrogen and oxygen atoms in total. The minimum atomic E-state index is -0.447. The Kier molecular flexibility index (Phi) is 4.58. The molecule has 0 aromatic carbocycles. The molecule has 0 amide bonds. The molecule has 0 bridgehead atoms. The molecule has 0 aromatic rings. The number of carbonyl (C=O) groups excluding carboxylic acids is 1. The highest BCUT2D eigenvalue weighted by Crippen LogP contribution is 2.30. The van der Waals surface area contributed by atoms with E-state index >= 15 is 0 Å². The molecule has 0 aliphatic heterocycles.